The Morgan fingerprint density at radius 3 is 2.68 bits per heavy atom. The highest BCUT2D eigenvalue weighted by Crippen LogP contribution is 2.27. The van der Waals surface area contributed by atoms with Crippen LogP contribution in [0, 0.1) is 13.8 Å². The Kier molecular flexibility index (Phi) is 6.77. The fourth-order valence-electron chi connectivity index (χ4n) is 4.84. The molecule has 0 saturated carbocycles. The first-order valence-electron chi connectivity index (χ1n) is 11.7. The molecule has 2 heterocycles. The molecule has 0 spiro atoms. The van der Waals surface area contributed by atoms with E-state index in [9.17, 15) is 4.79 Å². The number of nitrogens with one attached hydrogen (secondary N) is 1. The van der Waals surface area contributed by atoms with Gasteiger partial charge < -0.3 is 14.8 Å². The van der Waals surface area contributed by atoms with E-state index in [0.29, 0.717) is 6.04 Å². The van der Waals surface area contributed by atoms with E-state index in [-0.39, 0.29) is 5.91 Å². The second kappa shape index (κ2) is 9.69. The molecule has 31 heavy (non-hydrogen) atoms. The van der Waals surface area contributed by atoms with Crippen molar-refractivity contribution < 1.29 is 4.79 Å². The molecular weight excluding hydrogens is 382 g/mol. The number of amides is 1. The molecule has 1 N–H and O–H groups in total. The highest BCUT2D eigenvalue weighted by molar-refractivity contribution is 5.99. The molecule has 1 atom stereocenters. The van der Waals surface area contributed by atoms with Gasteiger partial charge in [0.2, 0.25) is 0 Å². The lowest BCUT2D eigenvalue weighted by atomic mass is 10.0. The van der Waals surface area contributed by atoms with Crippen molar-refractivity contribution in [2.24, 2.45) is 0 Å². The Balaban J connectivity index is 1.41. The molecule has 4 heteroatoms. The highest BCUT2D eigenvalue weighted by Gasteiger charge is 2.18. The lowest BCUT2D eigenvalue weighted by molar-refractivity contribution is 0.0949. The third-order valence-corrected chi connectivity index (χ3v) is 6.93. The van der Waals surface area contributed by atoms with Crippen LogP contribution in [0.3, 0.4) is 0 Å². The molecule has 0 radical (unpaired) electrons. The number of hydrogen-bond donors (Lipinski definition) is 1. The zero-order chi connectivity index (χ0) is 21.8. The number of piperidine rings is 1. The van der Waals surface area contributed by atoms with E-state index in [0.717, 1.165) is 31.6 Å². The molecule has 4 nitrogen and oxygen atoms in total. The highest BCUT2D eigenvalue weighted by atomic mass is 16.1. The Bertz CT molecular complexity index is 1040. The number of fused-ring (bicyclic) bond motifs is 1. The van der Waals surface area contributed by atoms with Crippen LogP contribution in [0.4, 0.5) is 0 Å². The van der Waals surface area contributed by atoms with E-state index < -0.39 is 0 Å². The molecule has 1 aromatic heterocycles. The summed E-state index contributed by atoms with van der Waals surface area (Å²) < 4.78 is 2.35. The predicted octanol–water partition coefficient (Wildman–Crippen LogP) is 5.30. The van der Waals surface area contributed by atoms with Crippen molar-refractivity contribution in [3.05, 3.63) is 70.9 Å². The summed E-state index contributed by atoms with van der Waals surface area (Å²) in [5.74, 6) is 0.0291. The largest absolute Gasteiger partial charge is 0.352 e. The van der Waals surface area contributed by atoms with Gasteiger partial charge >= 0.3 is 0 Å². The van der Waals surface area contributed by atoms with Crippen molar-refractivity contribution >= 4 is 16.8 Å². The van der Waals surface area contributed by atoms with Crippen LogP contribution in [0.25, 0.3) is 10.9 Å². The number of aryl methyl sites for hydroxylation is 1. The summed E-state index contributed by atoms with van der Waals surface area (Å²) in [6.07, 6.45) is 4.96. The van der Waals surface area contributed by atoms with Gasteiger partial charge in [-0.1, -0.05) is 36.8 Å². The van der Waals surface area contributed by atoms with Crippen LogP contribution in [0.1, 0.15) is 59.8 Å². The number of carbonyl (C=O) groups is 1. The lowest BCUT2D eigenvalue weighted by Gasteiger charge is -2.33. The normalized spacial score (nSPS) is 17.2. The summed E-state index contributed by atoms with van der Waals surface area (Å²) in [7, 11) is 0. The summed E-state index contributed by atoms with van der Waals surface area (Å²) in [6.45, 7) is 10.5. The molecule has 164 valence electrons. The minimum Gasteiger partial charge on any atom is -0.352 e. The number of aromatic nitrogens is 1. The average molecular weight is 418 g/mol. The SMILES string of the molecule is Cc1c(C)n(Cc2ccccc2)c2ccc(C(=O)NCCCN3CCCCC3C)cc12. The molecule has 2 aromatic carbocycles. The van der Waals surface area contributed by atoms with Gasteiger partial charge in [-0.2, -0.15) is 0 Å². The van der Waals surface area contributed by atoms with Crippen LogP contribution in [0.15, 0.2) is 48.5 Å². The summed E-state index contributed by atoms with van der Waals surface area (Å²) >= 11 is 0. The van der Waals surface area contributed by atoms with Crippen molar-refractivity contribution in [1.29, 1.82) is 0 Å². The summed E-state index contributed by atoms with van der Waals surface area (Å²) in [6, 6.07) is 17.3. The molecule has 4 rings (SSSR count). The molecule has 1 aliphatic rings. The maximum Gasteiger partial charge on any atom is 0.251 e. The third kappa shape index (κ3) is 4.85. The monoisotopic (exact) mass is 417 g/mol. The van der Waals surface area contributed by atoms with Crippen LogP contribution in [0.2, 0.25) is 0 Å². The van der Waals surface area contributed by atoms with Crippen LogP contribution in [-0.2, 0) is 6.54 Å². The summed E-state index contributed by atoms with van der Waals surface area (Å²) in [5, 5.41) is 4.30. The van der Waals surface area contributed by atoms with Crippen molar-refractivity contribution in [1.82, 2.24) is 14.8 Å². The van der Waals surface area contributed by atoms with Crippen LogP contribution >= 0.6 is 0 Å². The zero-order valence-electron chi connectivity index (χ0n) is 19.2. The van der Waals surface area contributed by atoms with Gasteiger partial charge in [0.25, 0.3) is 5.91 Å². The van der Waals surface area contributed by atoms with E-state index in [1.165, 1.54) is 53.5 Å². The maximum absolute atomic E-state index is 12.8. The van der Waals surface area contributed by atoms with Crippen molar-refractivity contribution in [2.45, 2.75) is 59.0 Å². The van der Waals surface area contributed by atoms with E-state index in [4.69, 9.17) is 0 Å². The molecule has 1 unspecified atom stereocenters. The van der Waals surface area contributed by atoms with Gasteiger partial charge in [-0.15, -0.1) is 0 Å². The van der Waals surface area contributed by atoms with Gasteiger partial charge in [-0.3, -0.25) is 4.79 Å². The van der Waals surface area contributed by atoms with Crippen LogP contribution < -0.4 is 5.32 Å². The topological polar surface area (TPSA) is 37.3 Å². The van der Waals surface area contributed by atoms with Gasteiger partial charge in [-0.05, 0) is 75.9 Å². The zero-order valence-corrected chi connectivity index (χ0v) is 19.2. The Hall–Kier alpha value is -2.59. The van der Waals surface area contributed by atoms with Crippen molar-refractivity contribution in [2.75, 3.05) is 19.6 Å². The quantitative estimate of drug-likeness (QED) is 0.530. The lowest BCUT2D eigenvalue weighted by Crippen LogP contribution is -2.39. The van der Waals surface area contributed by atoms with Crippen molar-refractivity contribution in [3.63, 3.8) is 0 Å². The number of benzene rings is 2. The smallest absolute Gasteiger partial charge is 0.251 e. The number of hydrogen-bond acceptors (Lipinski definition) is 2. The number of nitrogens with zero attached hydrogens (tertiary/aromatic N) is 2. The van der Waals surface area contributed by atoms with E-state index >= 15 is 0 Å². The third-order valence-electron chi connectivity index (χ3n) is 6.93. The van der Waals surface area contributed by atoms with Gasteiger partial charge in [0, 0.05) is 47.8 Å². The minimum absolute atomic E-state index is 0.0291. The average Bonchev–Trinajstić information content (AvgIpc) is 3.02. The number of carbonyl (C=O) groups excluding carboxylic acids is 1. The van der Waals surface area contributed by atoms with Gasteiger partial charge in [-0.25, -0.2) is 0 Å². The fourth-order valence-corrected chi connectivity index (χ4v) is 4.84. The fraction of sp³-hybridized carbons (Fsp3) is 0.444. The van der Waals surface area contributed by atoms with Crippen LogP contribution in [-0.4, -0.2) is 41.1 Å². The molecule has 1 amide bonds. The Labute approximate surface area is 186 Å². The summed E-state index contributed by atoms with van der Waals surface area (Å²) in [5.41, 5.74) is 5.73. The summed E-state index contributed by atoms with van der Waals surface area (Å²) in [4.78, 5) is 15.3. The van der Waals surface area contributed by atoms with Crippen molar-refractivity contribution in [3.8, 4) is 0 Å². The number of likely N-dealkylation sites (tertiary alicyclic amines) is 1. The molecular formula is C27H35N3O. The first-order valence-corrected chi connectivity index (χ1v) is 11.7. The standard InChI is InChI=1S/C27H35N3O/c1-20-10-7-8-16-29(20)17-9-15-28-27(31)24-13-14-26-25(18-24)21(2)22(3)30(26)19-23-11-5-4-6-12-23/h4-6,11-14,18,20H,7-10,15-17,19H2,1-3H3,(H,28,31). The predicted molar refractivity (Wildman–Crippen MR) is 129 cm³/mol. The second-order valence-electron chi connectivity index (χ2n) is 9.00. The molecule has 1 fully saturated rings. The first-order chi connectivity index (χ1) is 15.0. The number of rotatable bonds is 7. The second-order valence-corrected chi connectivity index (χ2v) is 9.00. The Morgan fingerprint density at radius 1 is 1.10 bits per heavy atom. The molecule has 1 saturated heterocycles. The van der Waals surface area contributed by atoms with Crippen LogP contribution in [0.5, 0.6) is 0 Å². The molecule has 1 aliphatic heterocycles. The molecule has 3 aromatic rings. The van der Waals surface area contributed by atoms with Gasteiger partial charge in [0.05, 0.1) is 0 Å². The maximum atomic E-state index is 12.8. The van der Waals surface area contributed by atoms with E-state index in [1.807, 2.05) is 12.1 Å². The first kappa shape index (κ1) is 21.6. The minimum atomic E-state index is 0.0291. The van der Waals surface area contributed by atoms with Gasteiger partial charge in [0.15, 0.2) is 0 Å². The molecule has 0 aliphatic carbocycles. The van der Waals surface area contributed by atoms with Gasteiger partial charge in [0.1, 0.15) is 0 Å². The Morgan fingerprint density at radius 2 is 1.90 bits per heavy atom. The van der Waals surface area contributed by atoms with E-state index in [1.54, 1.807) is 0 Å². The molecule has 0 bridgehead atoms. The van der Waals surface area contributed by atoms with E-state index in [2.05, 4.69) is 72.0 Å².